The fraction of sp³-hybridized carbons (Fsp3) is 1.00. The van der Waals surface area contributed by atoms with Crippen molar-refractivity contribution in [2.75, 3.05) is 32.8 Å². The smallest absolute Gasteiger partial charge is 0.0507 e. The van der Waals surface area contributed by atoms with Gasteiger partial charge in [-0.2, -0.15) is 0 Å². The molecule has 2 aliphatic rings. The lowest BCUT2D eigenvalue weighted by atomic mass is 9.98. The van der Waals surface area contributed by atoms with Crippen LogP contribution in [-0.4, -0.2) is 43.1 Å². The van der Waals surface area contributed by atoms with Gasteiger partial charge in [0, 0.05) is 25.1 Å². The van der Waals surface area contributed by atoms with Gasteiger partial charge in [0.15, 0.2) is 0 Å². The van der Waals surface area contributed by atoms with E-state index in [9.17, 15) is 0 Å². The average Bonchev–Trinajstić information content (AvgIpc) is 2.64. The van der Waals surface area contributed by atoms with E-state index in [-0.39, 0.29) is 0 Å². The summed E-state index contributed by atoms with van der Waals surface area (Å²) in [6.07, 6.45) is 2.39. The zero-order chi connectivity index (χ0) is 9.97. The molecule has 2 saturated heterocycles. The van der Waals surface area contributed by atoms with E-state index < -0.39 is 0 Å². The van der Waals surface area contributed by atoms with Crippen LogP contribution in [0.5, 0.6) is 0 Å². The summed E-state index contributed by atoms with van der Waals surface area (Å²) in [5.41, 5.74) is 0. The highest BCUT2D eigenvalue weighted by Gasteiger charge is 2.26. The molecule has 14 heavy (non-hydrogen) atoms. The first-order valence-electron chi connectivity index (χ1n) is 5.70. The Balaban J connectivity index is 1.75. The molecule has 2 heterocycles. The zero-order valence-corrected chi connectivity index (χ0v) is 9.67. The molecule has 0 aromatic carbocycles. The van der Waals surface area contributed by atoms with Crippen LogP contribution in [0.1, 0.15) is 19.8 Å². The average molecular weight is 218 g/mol. The molecule has 0 amide bonds. The molecule has 0 bridgehead atoms. The zero-order valence-electron chi connectivity index (χ0n) is 8.92. The minimum atomic E-state index is 0.395. The highest BCUT2D eigenvalue weighted by atomic mass is 35.5. The molecule has 2 aliphatic heterocycles. The lowest BCUT2D eigenvalue weighted by Crippen LogP contribution is -2.42. The Labute approximate surface area is 91.6 Å². The molecule has 82 valence electrons. The van der Waals surface area contributed by atoms with Crippen molar-refractivity contribution < 1.29 is 4.74 Å². The first-order valence-corrected chi connectivity index (χ1v) is 6.13. The van der Waals surface area contributed by atoms with Crippen molar-refractivity contribution in [3.05, 3.63) is 0 Å². The van der Waals surface area contributed by atoms with Crippen molar-refractivity contribution in [1.82, 2.24) is 4.90 Å². The molecule has 3 heteroatoms. The number of halogens is 1. The van der Waals surface area contributed by atoms with Crippen LogP contribution in [0.25, 0.3) is 0 Å². The molecule has 0 radical (unpaired) electrons. The van der Waals surface area contributed by atoms with E-state index in [4.69, 9.17) is 16.3 Å². The molecule has 2 nitrogen and oxygen atoms in total. The van der Waals surface area contributed by atoms with Gasteiger partial charge in [0.25, 0.3) is 0 Å². The van der Waals surface area contributed by atoms with E-state index in [1.807, 2.05) is 0 Å². The van der Waals surface area contributed by atoms with Crippen LogP contribution in [0.15, 0.2) is 0 Å². The lowest BCUT2D eigenvalue weighted by Gasteiger charge is -2.35. The highest BCUT2D eigenvalue weighted by molar-refractivity contribution is 6.20. The van der Waals surface area contributed by atoms with Crippen LogP contribution >= 0.6 is 11.6 Å². The van der Waals surface area contributed by atoms with Crippen LogP contribution in [0.4, 0.5) is 0 Å². The van der Waals surface area contributed by atoms with Crippen LogP contribution < -0.4 is 0 Å². The molecule has 0 aromatic heterocycles. The Morgan fingerprint density at radius 2 is 2.29 bits per heavy atom. The fourth-order valence-corrected chi connectivity index (χ4v) is 2.64. The van der Waals surface area contributed by atoms with Crippen LogP contribution in [0.3, 0.4) is 0 Å². The first-order chi connectivity index (χ1) is 6.75. The SMILES string of the molecule is CC1CN(CC2CCOC2)CCC1Cl. The number of alkyl halides is 1. The summed E-state index contributed by atoms with van der Waals surface area (Å²) >= 11 is 6.20. The van der Waals surface area contributed by atoms with Gasteiger partial charge in [-0.3, -0.25) is 0 Å². The Morgan fingerprint density at radius 3 is 2.93 bits per heavy atom. The normalized spacial score (nSPS) is 40.3. The van der Waals surface area contributed by atoms with E-state index in [0.717, 1.165) is 25.6 Å². The van der Waals surface area contributed by atoms with Crippen molar-refractivity contribution in [1.29, 1.82) is 0 Å². The highest BCUT2D eigenvalue weighted by Crippen LogP contribution is 2.23. The Bertz CT molecular complexity index is 182. The molecule has 3 unspecified atom stereocenters. The van der Waals surface area contributed by atoms with Crippen molar-refractivity contribution in [3.63, 3.8) is 0 Å². The van der Waals surface area contributed by atoms with E-state index >= 15 is 0 Å². The predicted molar refractivity (Wildman–Crippen MR) is 58.8 cm³/mol. The maximum Gasteiger partial charge on any atom is 0.0507 e. The summed E-state index contributed by atoms with van der Waals surface area (Å²) in [6.45, 7) is 7.75. The lowest BCUT2D eigenvalue weighted by molar-refractivity contribution is 0.141. The molecule has 0 saturated carbocycles. The van der Waals surface area contributed by atoms with Gasteiger partial charge < -0.3 is 9.64 Å². The molecule has 2 rings (SSSR count). The molecule has 0 spiro atoms. The minimum absolute atomic E-state index is 0.395. The van der Waals surface area contributed by atoms with Crippen LogP contribution in [0.2, 0.25) is 0 Å². The molecule has 3 atom stereocenters. The van der Waals surface area contributed by atoms with Gasteiger partial charge in [-0.15, -0.1) is 11.6 Å². The second kappa shape index (κ2) is 4.82. The van der Waals surface area contributed by atoms with E-state index in [0.29, 0.717) is 11.3 Å². The summed E-state index contributed by atoms with van der Waals surface area (Å²) in [4.78, 5) is 2.56. The van der Waals surface area contributed by atoms with Crippen LogP contribution in [0, 0.1) is 11.8 Å². The number of piperidine rings is 1. The summed E-state index contributed by atoms with van der Waals surface area (Å²) < 4.78 is 5.39. The number of ether oxygens (including phenoxy) is 1. The topological polar surface area (TPSA) is 12.5 Å². The Kier molecular flexibility index (Phi) is 3.69. The minimum Gasteiger partial charge on any atom is -0.381 e. The number of rotatable bonds is 2. The summed E-state index contributed by atoms with van der Waals surface area (Å²) in [6, 6.07) is 0. The second-order valence-corrected chi connectivity index (χ2v) is 5.33. The standard InChI is InChI=1S/C11H20ClNO/c1-9-6-13(4-2-11(9)12)7-10-3-5-14-8-10/h9-11H,2-8H2,1H3. The molecule has 0 aliphatic carbocycles. The van der Waals surface area contributed by atoms with Crippen molar-refractivity contribution in [3.8, 4) is 0 Å². The number of hydrogen-bond acceptors (Lipinski definition) is 2. The maximum absolute atomic E-state index is 6.20. The predicted octanol–water partition coefficient (Wildman–Crippen LogP) is 1.97. The van der Waals surface area contributed by atoms with E-state index in [2.05, 4.69) is 11.8 Å². The number of hydrogen-bond donors (Lipinski definition) is 0. The Morgan fingerprint density at radius 1 is 1.43 bits per heavy atom. The Hall–Kier alpha value is 0.210. The summed E-state index contributed by atoms with van der Waals surface area (Å²) in [7, 11) is 0. The quantitative estimate of drug-likeness (QED) is 0.656. The molecular weight excluding hydrogens is 198 g/mol. The third-order valence-corrected chi connectivity index (χ3v) is 4.07. The third kappa shape index (κ3) is 2.62. The molecule has 0 N–H and O–H groups in total. The fourth-order valence-electron chi connectivity index (χ4n) is 2.46. The van der Waals surface area contributed by atoms with Gasteiger partial charge in [-0.05, 0) is 31.2 Å². The third-order valence-electron chi connectivity index (χ3n) is 3.43. The second-order valence-electron chi connectivity index (χ2n) is 4.77. The maximum atomic E-state index is 6.20. The number of likely N-dealkylation sites (tertiary alicyclic amines) is 1. The van der Waals surface area contributed by atoms with Gasteiger partial charge in [-0.25, -0.2) is 0 Å². The van der Waals surface area contributed by atoms with Crippen molar-refractivity contribution in [2.45, 2.75) is 25.1 Å². The number of nitrogens with zero attached hydrogens (tertiary/aromatic N) is 1. The monoisotopic (exact) mass is 217 g/mol. The largest absolute Gasteiger partial charge is 0.381 e. The molecule has 0 aromatic rings. The summed E-state index contributed by atoms with van der Waals surface area (Å²) in [5, 5.41) is 0.395. The van der Waals surface area contributed by atoms with Gasteiger partial charge in [-0.1, -0.05) is 6.92 Å². The molecule has 2 fully saturated rings. The molecular formula is C11H20ClNO. The van der Waals surface area contributed by atoms with Gasteiger partial charge in [0.1, 0.15) is 0 Å². The summed E-state index contributed by atoms with van der Waals surface area (Å²) in [5.74, 6) is 1.42. The van der Waals surface area contributed by atoms with Crippen molar-refractivity contribution in [2.24, 2.45) is 11.8 Å². The van der Waals surface area contributed by atoms with Gasteiger partial charge in [0.2, 0.25) is 0 Å². The van der Waals surface area contributed by atoms with Crippen LogP contribution in [-0.2, 0) is 4.74 Å². The first kappa shape index (κ1) is 10.7. The van der Waals surface area contributed by atoms with E-state index in [1.54, 1.807) is 0 Å². The van der Waals surface area contributed by atoms with E-state index in [1.165, 1.54) is 26.1 Å². The van der Waals surface area contributed by atoms with Crippen molar-refractivity contribution >= 4 is 11.6 Å². The van der Waals surface area contributed by atoms with Gasteiger partial charge >= 0.3 is 0 Å². The van der Waals surface area contributed by atoms with Gasteiger partial charge in [0.05, 0.1) is 6.61 Å².